The zero-order valence-corrected chi connectivity index (χ0v) is 11.7. The van der Waals surface area contributed by atoms with Gasteiger partial charge in [0.1, 0.15) is 5.60 Å². The first kappa shape index (κ1) is 17.3. The van der Waals surface area contributed by atoms with Gasteiger partial charge in [-0.05, 0) is 27.8 Å². The second-order valence-corrected chi connectivity index (χ2v) is 5.24. The quantitative estimate of drug-likeness (QED) is 0.448. The monoisotopic (exact) mass is 250 g/mol. The molecule has 0 bridgehead atoms. The molecule has 1 atom stereocenters. The van der Waals surface area contributed by atoms with Crippen molar-refractivity contribution < 1.29 is 38.3 Å². The fourth-order valence-electron chi connectivity index (χ4n) is 1.62. The van der Waals surface area contributed by atoms with Gasteiger partial charge < -0.3 is 19.5 Å². The largest absolute Gasteiger partial charge is 1.00 e. The van der Waals surface area contributed by atoms with Crippen LogP contribution in [0.1, 0.15) is 20.8 Å². The molecule has 0 aliphatic carbocycles. The summed E-state index contributed by atoms with van der Waals surface area (Å²) in [6.45, 7) is 6.40. The average Bonchev–Trinajstić information content (AvgIpc) is 2.14. The minimum Gasteiger partial charge on any atom is -0.548 e. The van der Waals surface area contributed by atoms with Gasteiger partial charge in [-0.1, -0.05) is 0 Å². The molecule has 6 nitrogen and oxygen atoms in total. The van der Waals surface area contributed by atoms with E-state index in [0.717, 1.165) is 0 Å². The molecule has 1 heterocycles. The number of ether oxygens (including phenoxy) is 1. The molecular formula is C11H19LiN2O4. The molecule has 1 aliphatic rings. The minimum atomic E-state index is -1.17. The summed E-state index contributed by atoms with van der Waals surface area (Å²) < 4.78 is 5.20. The Morgan fingerprint density at radius 3 is 2.28 bits per heavy atom. The molecule has 1 saturated heterocycles. The van der Waals surface area contributed by atoms with Crippen LogP contribution in [0.25, 0.3) is 0 Å². The summed E-state index contributed by atoms with van der Waals surface area (Å²) in [4.78, 5) is 25.7. The Morgan fingerprint density at radius 1 is 1.28 bits per heavy atom. The maximum absolute atomic E-state index is 11.8. The van der Waals surface area contributed by atoms with Crippen molar-refractivity contribution in [1.29, 1.82) is 0 Å². The molecular weight excluding hydrogens is 231 g/mol. The first-order chi connectivity index (χ1) is 7.70. The average molecular weight is 250 g/mol. The molecule has 1 rings (SSSR count). The SMILES string of the molecule is CN1CCN(C(=O)OC(C)(C)C)C[C@@H]1C(=O)[O-].[Li+]. The number of carbonyl (C=O) groups is 2. The Balaban J connectivity index is 0.00000289. The van der Waals surface area contributed by atoms with E-state index in [1.54, 1.807) is 32.7 Å². The van der Waals surface area contributed by atoms with Gasteiger partial charge in [-0.25, -0.2) is 4.79 Å². The van der Waals surface area contributed by atoms with Crippen molar-refractivity contribution >= 4 is 12.1 Å². The van der Waals surface area contributed by atoms with E-state index in [0.29, 0.717) is 13.1 Å². The van der Waals surface area contributed by atoms with Gasteiger partial charge >= 0.3 is 25.0 Å². The maximum Gasteiger partial charge on any atom is 1.00 e. The zero-order chi connectivity index (χ0) is 13.2. The Kier molecular flexibility index (Phi) is 6.21. The molecule has 0 aromatic heterocycles. The maximum atomic E-state index is 11.8. The van der Waals surface area contributed by atoms with Crippen LogP contribution in [0.2, 0.25) is 0 Å². The standard InChI is InChI=1S/C11H20N2O4.Li/c1-11(2,3)17-10(16)13-6-5-12(4)8(7-13)9(14)15;/h8H,5-7H2,1-4H3,(H,14,15);/q;+1/p-1/t8-;/m1./s1. The molecule has 0 aromatic rings. The number of hydrogen-bond donors (Lipinski definition) is 0. The molecule has 1 amide bonds. The molecule has 98 valence electrons. The van der Waals surface area contributed by atoms with Gasteiger partial charge in [0.15, 0.2) is 0 Å². The summed E-state index contributed by atoms with van der Waals surface area (Å²) in [6.07, 6.45) is -0.475. The van der Waals surface area contributed by atoms with Crippen LogP contribution in [0, 0.1) is 0 Å². The van der Waals surface area contributed by atoms with Gasteiger partial charge in [0.2, 0.25) is 0 Å². The third kappa shape index (κ3) is 4.89. The first-order valence-electron chi connectivity index (χ1n) is 5.60. The fourth-order valence-corrected chi connectivity index (χ4v) is 1.62. The van der Waals surface area contributed by atoms with Gasteiger partial charge in [0, 0.05) is 19.6 Å². The van der Waals surface area contributed by atoms with Crippen LogP contribution < -0.4 is 24.0 Å². The summed E-state index contributed by atoms with van der Waals surface area (Å²) in [5.41, 5.74) is -0.572. The molecule has 0 spiro atoms. The van der Waals surface area contributed by atoms with Crippen LogP contribution in [0.3, 0.4) is 0 Å². The van der Waals surface area contributed by atoms with Crippen LogP contribution in [0.5, 0.6) is 0 Å². The second-order valence-electron chi connectivity index (χ2n) is 5.24. The van der Waals surface area contributed by atoms with Crippen molar-refractivity contribution in [2.24, 2.45) is 0 Å². The molecule has 0 unspecified atom stereocenters. The van der Waals surface area contributed by atoms with E-state index in [9.17, 15) is 14.7 Å². The summed E-state index contributed by atoms with van der Waals surface area (Å²) in [7, 11) is 1.70. The van der Waals surface area contributed by atoms with E-state index < -0.39 is 23.7 Å². The number of amides is 1. The van der Waals surface area contributed by atoms with Crippen LogP contribution >= 0.6 is 0 Å². The number of carboxylic acid groups (broad SMARTS) is 1. The zero-order valence-electron chi connectivity index (χ0n) is 11.7. The molecule has 0 radical (unpaired) electrons. The number of rotatable bonds is 1. The molecule has 1 aliphatic heterocycles. The van der Waals surface area contributed by atoms with Crippen molar-refractivity contribution in [1.82, 2.24) is 9.80 Å². The van der Waals surface area contributed by atoms with E-state index >= 15 is 0 Å². The number of piperazine rings is 1. The van der Waals surface area contributed by atoms with Crippen molar-refractivity contribution in [3.05, 3.63) is 0 Å². The Hall–Kier alpha value is -0.703. The van der Waals surface area contributed by atoms with Crippen molar-refractivity contribution in [2.45, 2.75) is 32.4 Å². The van der Waals surface area contributed by atoms with Crippen LogP contribution in [-0.2, 0) is 9.53 Å². The number of nitrogens with zero attached hydrogens (tertiary/aromatic N) is 2. The van der Waals surface area contributed by atoms with Crippen LogP contribution in [0.4, 0.5) is 4.79 Å². The van der Waals surface area contributed by atoms with Crippen molar-refractivity contribution in [3.63, 3.8) is 0 Å². The molecule has 18 heavy (non-hydrogen) atoms. The molecule has 0 aromatic carbocycles. The summed E-state index contributed by atoms with van der Waals surface area (Å²) in [6, 6.07) is -0.767. The summed E-state index contributed by atoms with van der Waals surface area (Å²) >= 11 is 0. The van der Waals surface area contributed by atoms with Crippen LogP contribution in [0.15, 0.2) is 0 Å². The topological polar surface area (TPSA) is 72.9 Å². The number of aliphatic carboxylic acids is 1. The molecule has 7 heteroatoms. The first-order valence-corrected chi connectivity index (χ1v) is 5.60. The van der Waals surface area contributed by atoms with Crippen molar-refractivity contribution in [3.8, 4) is 0 Å². The van der Waals surface area contributed by atoms with Gasteiger partial charge in [-0.3, -0.25) is 4.90 Å². The van der Waals surface area contributed by atoms with E-state index in [4.69, 9.17) is 4.74 Å². The Morgan fingerprint density at radius 2 is 1.83 bits per heavy atom. The van der Waals surface area contributed by atoms with Crippen molar-refractivity contribution in [2.75, 3.05) is 26.7 Å². The van der Waals surface area contributed by atoms with E-state index in [2.05, 4.69) is 0 Å². The smallest absolute Gasteiger partial charge is 0.548 e. The predicted molar refractivity (Wildman–Crippen MR) is 59.2 cm³/mol. The second kappa shape index (κ2) is 6.46. The third-order valence-corrected chi connectivity index (χ3v) is 2.57. The Bertz CT molecular complexity index is 317. The number of likely N-dealkylation sites (N-methyl/N-ethyl adjacent to an activating group) is 1. The number of carboxylic acids is 1. The predicted octanol–water partition coefficient (Wildman–Crippen LogP) is -3.71. The molecule has 1 fully saturated rings. The summed E-state index contributed by atoms with van der Waals surface area (Å²) in [5.74, 6) is -1.17. The van der Waals surface area contributed by atoms with E-state index in [-0.39, 0.29) is 25.4 Å². The van der Waals surface area contributed by atoms with Gasteiger partial charge in [-0.2, -0.15) is 0 Å². The van der Waals surface area contributed by atoms with Crippen LogP contribution in [-0.4, -0.2) is 60.2 Å². The normalized spacial score (nSPS) is 21.1. The van der Waals surface area contributed by atoms with E-state index in [1.807, 2.05) is 0 Å². The Labute approximate surface area is 119 Å². The van der Waals surface area contributed by atoms with Gasteiger partial charge in [0.05, 0.1) is 12.0 Å². The molecule has 0 N–H and O–H groups in total. The minimum absolute atomic E-state index is 0. The van der Waals surface area contributed by atoms with Gasteiger partial charge in [0.25, 0.3) is 0 Å². The fraction of sp³-hybridized carbons (Fsp3) is 0.818. The number of carbonyl (C=O) groups excluding carboxylic acids is 2. The summed E-state index contributed by atoms with van der Waals surface area (Å²) in [5, 5.41) is 10.9. The third-order valence-electron chi connectivity index (χ3n) is 2.57. The van der Waals surface area contributed by atoms with Gasteiger partial charge in [-0.15, -0.1) is 0 Å². The number of hydrogen-bond acceptors (Lipinski definition) is 5. The molecule has 0 saturated carbocycles. The van der Waals surface area contributed by atoms with E-state index in [1.165, 1.54) is 4.90 Å².